The van der Waals surface area contributed by atoms with E-state index >= 15 is 0 Å². The molecule has 2 aromatic carbocycles. The van der Waals surface area contributed by atoms with Crippen LogP contribution in [0.2, 0.25) is 0 Å². The highest BCUT2D eigenvalue weighted by Crippen LogP contribution is 2.16. The Morgan fingerprint density at radius 3 is 2.00 bits per heavy atom. The maximum Gasteiger partial charge on any atom is 0.101 e. The van der Waals surface area contributed by atoms with Crippen LogP contribution in [0, 0.1) is 11.8 Å². The Morgan fingerprint density at radius 2 is 1.41 bits per heavy atom. The molecule has 0 saturated carbocycles. The summed E-state index contributed by atoms with van der Waals surface area (Å²) in [6, 6.07) is 19.8. The summed E-state index contributed by atoms with van der Waals surface area (Å²) in [5.74, 6) is 6.23. The molecule has 0 bridgehead atoms. The highest BCUT2D eigenvalue weighted by atomic mass is 14.7. The Morgan fingerprint density at radius 1 is 0.882 bits per heavy atom. The number of nitrogens with two attached hydrogens (primary N) is 1. The summed E-state index contributed by atoms with van der Waals surface area (Å²) in [6.07, 6.45) is 0. The lowest BCUT2D eigenvalue weighted by Crippen LogP contribution is -2.30. The van der Waals surface area contributed by atoms with Gasteiger partial charge in [0.25, 0.3) is 0 Å². The van der Waals surface area contributed by atoms with Crippen LogP contribution in [0.25, 0.3) is 0 Å². The lowest BCUT2D eigenvalue weighted by Gasteiger charge is -2.17. The van der Waals surface area contributed by atoms with Crippen LogP contribution >= 0.6 is 0 Å². The highest BCUT2D eigenvalue weighted by molar-refractivity contribution is 5.40. The van der Waals surface area contributed by atoms with Crippen molar-refractivity contribution in [1.82, 2.24) is 0 Å². The van der Waals surface area contributed by atoms with E-state index in [0.717, 1.165) is 11.1 Å². The van der Waals surface area contributed by atoms with E-state index in [-0.39, 0.29) is 0 Å². The third-order valence-corrected chi connectivity index (χ3v) is 2.61. The van der Waals surface area contributed by atoms with Crippen LogP contribution < -0.4 is 5.73 Å². The topological polar surface area (TPSA) is 26.0 Å². The number of hydrogen-bond acceptors (Lipinski definition) is 1. The van der Waals surface area contributed by atoms with Crippen molar-refractivity contribution in [2.45, 2.75) is 12.5 Å². The van der Waals surface area contributed by atoms with Gasteiger partial charge in [0.15, 0.2) is 0 Å². The van der Waals surface area contributed by atoms with E-state index in [1.807, 2.05) is 67.6 Å². The quantitative estimate of drug-likeness (QED) is 0.736. The summed E-state index contributed by atoms with van der Waals surface area (Å²) in [4.78, 5) is 0. The first-order valence-corrected chi connectivity index (χ1v) is 5.61. The molecule has 1 atom stereocenters. The van der Waals surface area contributed by atoms with Crippen LogP contribution in [0.4, 0.5) is 0 Å². The lowest BCUT2D eigenvalue weighted by molar-refractivity contribution is 0.657. The first kappa shape index (κ1) is 11.4. The molecule has 0 heterocycles. The number of rotatable bonds is 1. The Kier molecular flexibility index (Phi) is 3.27. The molecule has 0 aromatic heterocycles. The summed E-state index contributed by atoms with van der Waals surface area (Å²) in [6.45, 7) is 1.93. The van der Waals surface area contributed by atoms with Crippen LogP contribution in [0.15, 0.2) is 60.7 Å². The van der Waals surface area contributed by atoms with E-state index < -0.39 is 5.54 Å². The zero-order chi connectivity index (χ0) is 12.1. The number of hydrogen-bond donors (Lipinski definition) is 1. The van der Waals surface area contributed by atoms with Gasteiger partial charge in [-0.15, -0.1) is 0 Å². The van der Waals surface area contributed by atoms with E-state index in [1.54, 1.807) is 0 Å². The largest absolute Gasteiger partial charge is 0.312 e. The van der Waals surface area contributed by atoms with Gasteiger partial charge in [0.2, 0.25) is 0 Å². The SMILES string of the molecule is CC(N)(C#Cc1ccccc1)c1ccccc1. The van der Waals surface area contributed by atoms with Crippen molar-refractivity contribution in [3.8, 4) is 11.8 Å². The molecule has 0 amide bonds. The molecule has 1 unspecified atom stereocenters. The van der Waals surface area contributed by atoms with E-state index in [1.165, 1.54) is 0 Å². The predicted octanol–water partition coefficient (Wildman–Crippen LogP) is 2.91. The molecule has 17 heavy (non-hydrogen) atoms. The summed E-state index contributed by atoms with van der Waals surface area (Å²) in [5, 5.41) is 0. The Balaban J connectivity index is 2.27. The van der Waals surface area contributed by atoms with Crippen molar-refractivity contribution < 1.29 is 0 Å². The van der Waals surface area contributed by atoms with Gasteiger partial charge in [-0.2, -0.15) is 0 Å². The fraction of sp³-hybridized carbons (Fsp3) is 0.125. The maximum absolute atomic E-state index is 6.21. The van der Waals surface area contributed by atoms with Gasteiger partial charge in [-0.1, -0.05) is 60.4 Å². The molecule has 0 fully saturated rings. The highest BCUT2D eigenvalue weighted by Gasteiger charge is 2.16. The van der Waals surface area contributed by atoms with Crippen LogP contribution in [0.1, 0.15) is 18.1 Å². The molecule has 2 N–H and O–H groups in total. The fourth-order valence-corrected chi connectivity index (χ4v) is 1.58. The second kappa shape index (κ2) is 4.86. The maximum atomic E-state index is 6.21. The number of benzene rings is 2. The first-order valence-electron chi connectivity index (χ1n) is 5.61. The minimum Gasteiger partial charge on any atom is -0.312 e. The second-order valence-corrected chi connectivity index (χ2v) is 4.18. The third kappa shape index (κ3) is 2.96. The van der Waals surface area contributed by atoms with Crippen molar-refractivity contribution in [2.75, 3.05) is 0 Å². The second-order valence-electron chi connectivity index (χ2n) is 4.18. The molecule has 2 rings (SSSR count). The summed E-state index contributed by atoms with van der Waals surface area (Å²) >= 11 is 0. The van der Waals surface area contributed by atoms with Crippen LogP contribution in [0.5, 0.6) is 0 Å². The van der Waals surface area contributed by atoms with Gasteiger partial charge in [-0.05, 0) is 24.6 Å². The van der Waals surface area contributed by atoms with Gasteiger partial charge >= 0.3 is 0 Å². The molecular weight excluding hydrogens is 206 g/mol. The summed E-state index contributed by atoms with van der Waals surface area (Å²) < 4.78 is 0. The summed E-state index contributed by atoms with van der Waals surface area (Å²) in [7, 11) is 0. The van der Waals surface area contributed by atoms with Gasteiger partial charge in [0, 0.05) is 5.56 Å². The van der Waals surface area contributed by atoms with Crippen molar-refractivity contribution in [2.24, 2.45) is 5.73 Å². The zero-order valence-corrected chi connectivity index (χ0v) is 9.85. The average molecular weight is 221 g/mol. The molecule has 1 heteroatoms. The minimum absolute atomic E-state index is 0.614. The monoisotopic (exact) mass is 221 g/mol. The lowest BCUT2D eigenvalue weighted by atomic mass is 9.94. The smallest absolute Gasteiger partial charge is 0.101 e. The standard InChI is InChI=1S/C16H15N/c1-16(17,15-10-6-3-7-11-15)13-12-14-8-4-2-5-9-14/h2-11H,17H2,1H3. The Bertz CT molecular complexity index is 530. The minimum atomic E-state index is -0.614. The van der Waals surface area contributed by atoms with Gasteiger partial charge in [0.05, 0.1) is 0 Å². The molecule has 0 saturated heterocycles. The van der Waals surface area contributed by atoms with Gasteiger partial charge < -0.3 is 5.73 Å². The fourth-order valence-electron chi connectivity index (χ4n) is 1.58. The van der Waals surface area contributed by atoms with Gasteiger partial charge in [0.1, 0.15) is 5.54 Å². The molecule has 84 valence electrons. The first-order chi connectivity index (χ1) is 8.18. The zero-order valence-electron chi connectivity index (χ0n) is 9.85. The third-order valence-electron chi connectivity index (χ3n) is 2.61. The normalized spacial score (nSPS) is 13.3. The van der Waals surface area contributed by atoms with Crippen molar-refractivity contribution in [3.63, 3.8) is 0 Å². The van der Waals surface area contributed by atoms with Crippen LogP contribution in [-0.2, 0) is 5.54 Å². The predicted molar refractivity (Wildman–Crippen MR) is 71.3 cm³/mol. The molecule has 0 aliphatic carbocycles. The van der Waals surface area contributed by atoms with Crippen molar-refractivity contribution in [3.05, 3.63) is 71.8 Å². The van der Waals surface area contributed by atoms with E-state index in [4.69, 9.17) is 5.73 Å². The molecular formula is C16H15N. The van der Waals surface area contributed by atoms with E-state index in [0.29, 0.717) is 0 Å². The molecule has 2 aromatic rings. The molecule has 0 radical (unpaired) electrons. The van der Waals surface area contributed by atoms with Gasteiger partial charge in [-0.25, -0.2) is 0 Å². The van der Waals surface area contributed by atoms with Crippen molar-refractivity contribution >= 4 is 0 Å². The molecule has 0 aliphatic heterocycles. The van der Waals surface area contributed by atoms with Crippen LogP contribution in [-0.4, -0.2) is 0 Å². The average Bonchev–Trinajstić information content (AvgIpc) is 2.39. The molecule has 0 spiro atoms. The van der Waals surface area contributed by atoms with E-state index in [9.17, 15) is 0 Å². The van der Waals surface area contributed by atoms with Gasteiger partial charge in [-0.3, -0.25) is 0 Å². The van der Waals surface area contributed by atoms with Crippen molar-refractivity contribution in [1.29, 1.82) is 0 Å². The molecule has 0 aliphatic rings. The Hall–Kier alpha value is -2.04. The Labute approximate surface area is 102 Å². The van der Waals surface area contributed by atoms with Crippen LogP contribution in [0.3, 0.4) is 0 Å². The van der Waals surface area contributed by atoms with E-state index in [2.05, 4.69) is 11.8 Å². The summed E-state index contributed by atoms with van der Waals surface area (Å²) in [5.41, 5.74) is 7.62. The molecule has 1 nitrogen and oxygen atoms in total.